The van der Waals surface area contributed by atoms with E-state index >= 15 is 0 Å². The molecule has 1 aromatic heterocycles. The molecule has 1 spiro atoms. The highest BCUT2D eigenvalue weighted by Gasteiger charge is 2.43. The predicted octanol–water partition coefficient (Wildman–Crippen LogP) is 2.89. The van der Waals surface area contributed by atoms with Gasteiger partial charge in [-0.05, 0) is 47.8 Å². The number of hydrogen-bond acceptors (Lipinski definition) is 4. The van der Waals surface area contributed by atoms with Crippen LogP contribution in [0.5, 0.6) is 0 Å². The molecule has 5 heteroatoms. The minimum atomic E-state index is -0.0474. The second-order valence-corrected chi connectivity index (χ2v) is 6.22. The van der Waals surface area contributed by atoms with Crippen molar-refractivity contribution in [1.82, 2.24) is 5.32 Å². The highest BCUT2D eigenvalue weighted by Crippen LogP contribution is 2.42. The molecule has 0 amide bonds. The molecule has 3 rings (SSSR count). The van der Waals surface area contributed by atoms with Crippen LogP contribution in [0.15, 0.2) is 21.4 Å². The number of rotatable bonds is 3. The molecule has 19 heavy (non-hydrogen) atoms. The maximum absolute atomic E-state index is 6.01. The molecule has 3 unspecified atom stereocenters. The normalized spacial score (nSPS) is 32.8. The van der Waals surface area contributed by atoms with E-state index in [1.165, 1.54) is 5.56 Å². The maximum Gasteiger partial charge on any atom is 0.173 e. The van der Waals surface area contributed by atoms with Crippen LogP contribution < -0.4 is 5.32 Å². The van der Waals surface area contributed by atoms with Crippen molar-refractivity contribution in [2.75, 3.05) is 26.9 Å². The summed E-state index contributed by atoms with van der Waals surface area (Å²) in [6.45, 7) is 2.39. The van der Waals surface area contributed by atoms with Crippen LogP contribution in [0, 0.1) is 5.92 Å². The Kier molecular flexibility index (Phi) is 3.98. The number of nitrogens with one attached hydrogen (secondary N) is 1. The third-order valence-corrected chi connectivity index (χ3v) is 5.01. The number of hydrogen-bond donors (Lipinski definition) is 1. The summed E-state index contributed by atoms with van der Waals surface area (Å²) in [5.74, 6) is 0.550. The van der Waals surface area contributed by atoms with Gasteiger partial charge in [0.2, 0.25) is 0 Å². The van der Waals surface area contributed by atoms with Gasteiger partial charge in [0, 0.05) is 31.2 Å². The van der Waals surface area contributed by atoms with Crippen molar-refractivity contribution in [3.05, 3.63) is 22.6 Å². The van der Waals surface area contributed by atoms with E-state index in [4.69, 9.17) is 13.9 Å². The highest BCUT2D eigenvalue weighted by molar-refractivity contribution is 9.10. The molecule has 3 atom stereocenters. The molecule has 0 saturated carbocycles. The zero-order valence-electron chi connectivity index (χ0n) is 11.2. The molecular formula is C14H20BrNO3. The van der Waals surface area contributed by atoms with Crippen LogP contribution in [-0.4, -0.2) is 32.5 Å². The van der Waals surface area contributed by atoms with Crippen LogP contribution in [0.1, 0.15) is 30.9 Å². The number of ether oxygens (including phenoxy) is 2. The van der Waals surface area contributed by atoms with Gasteiger partial charge in [-0.3, -0.25) is 0 Å². The van der Waals surface area contributed by atoms with Gasteiger partial charge in [-0.2, -0.15) is 0 Å². The number of furan rings is 1. The van der Waals surface area contributed by atoms with Gasteiger partial charge < -0.3 is 19.2 Å². The summed E-state index contributed by atoms with van der Waals surface area (Å²) in [5.41, 5.74) is 1.15. The van der Waals surface area contributed by atoms with Crippen LogP contribution in [0.25, 0.3) is 0 Å². The van der Waals surface area contributed by atoms with Crippen molar-refractivity contribution in [1.29, 1.82) is 0 Å². The topological polar surface area (TPSA) is 43.6 Å². The van der Waals surface area contributed by atoms with Crippen molar-refractivity contribution >= 4 is 15.9 Å². The molecule has 1 aromatic rings. The third kappa shape index (κ3) is 2.61. The maximum atomic E-state index is 6.01. The Morgan fingerprint density at radius 1 is 1.47 bits per heavy atom. The molecule has 1 N–H and O–H groups in total. The molecule has 4 nitrogen and oxygen atoms in total. The van der Waals surface area contributed by atoms with E-state index in [9.17, 15) is 0 Å². The summed E-state index contributed by atoms with van der Waals surface area (Å²) >= 11 is 3.49. The van der Waals surface area contributed by atoms with Gasteiger partial charge in [-0.25, -0.2) is 0 Å². The smallest absolute Gasteiger partial charge is 0.173 e. The second-order valence-electron chi connectivity index (χ2n) is 5.50. The Hall–Kier alpha value is -0.360. The Morgan fingerprint density at radius 2 is 2.37 bits per heavy atom. The summed E-state index contributed by atoms with van der Waals surface area (Å²) in [6, 6.07) is 2.34. The monoisotopic (exact) mass is 329 g/mol. The van der Waals surface area contributed by atoms with Crippen LogP contribution >= 0.6 is 15.9 Å². The minimum absolute atomic E-state index is 0.0474. The average Bonchev–Trinajstić information content (AvgIpc) is 3.02. The Morgan fingerprint density at radius 3 is 3.00 bits per heavy atom. The Bertz CT molecular complexity index is 428. The van der Waals surface area contributed by atoms with Gasteiger partial charge in [0.05, 0.1) is 18.5 Å². The molecule has 106 valence electrons. The Balaban J connectivity index is 1.78. The van der Waals surface area contributed by atoms with Crippen LogP contribution in [0.4, 0.5) is 0 Å². The fraction of sp³-hybridized carbons (Fsp3) is 0.714. The molecule has 2 aliphatic heterocycles. The summed E-state index contributed by atoms with van der Waals surface area (Å²) in [6.07, 6.45) is 4.88. The van der Waals surface area contributed by atoms with E-state index < -0.39 is 0 Å². The molecule has 2 saturated heterocycles. The zero-order chi connectivity index (χ0) is 13.3. The predicted molar refractivity (Wildman–Crippen MR) is 75.1 cm³/mol. The van der Waals surface area contributed by atoms with Crippen LogP contribution in [0.3, 0.4) is 0 Å². The van der Waals surface area contributed by atoms with E-state index in [0.29, 0.717) is 12.0 Å². The lowest BCUT2D eigenvalue weighted by atomic mass is 9.79. The second kappa shape index (κ2) is 5.56. The lowest BCUT2D eigenvalue weighted by Crippen LogP contribution is -2.43. The zero-order valence-corrected chi connectivity index (χ0v) is 12.7. The molecule has 3 heterocycles. The summed E-state index contributed by atoms with van der Waals surface area (Å²) in [7, 11) is 2.01. The van der Waals surface area contributed by atoms with E-state index in [2.05, 4.69) is 21.2 Å². The minimum Gasteiger partial charge on any atom is -0.457 e. The number of halogens is 1. The first-order chi connectivity index (χ1) is 9.24. The van der Waals surface area contributed by atoms with Crippen molar-refractivity contribution in [2.24, 2.45) is 5.92 Å². The van der Waals surface area contributed by atoms with E-state index in [-0.39, 0.29) is 5.60 Å². The first-order valence-corrected chi connectivity index (χ1v) is 7.65. The SMILES string of the molecule is CNC(c1ccoc1Br)C1CCOC2(CCOC2)C1. The summed E-state index contributed by atoms with van der Waals surface area (Å²) in [5, 5.41) is 3.44. The lowest BCUT2D eigenvalue weighted by Gasteiger charge is -2.40. The fourth-order valence-electron chi connectivity index (χ4n) is 3.39. The van der Waals surface area contributed by atoms with Gasteiger partial charge >= 0.3 is 0 Å². The van der Waals surface area contributed by atoms with E-state index in [0.717, 1.165) is 43.8 Å². The van der Waals surface area contributed by atoms with Crippen molar-refractivity contribution in [3.8, 4) is 0 Å². The highest BCUT2D eigenvalue weighted by atomic mass is 79.9. The van der Waals surface area contributed by atoms with E-state index in [1.54, 1.807) is 6.26 Å². The molecule has 0 aromatic carbocycles. The largest absolute Gasteiger partial charge is 0.457 e. The van der Waals surface area contributed by atoms with Gasteiger partial charge in [0.15, 0.2) is 4.67 Å². The molecule has 0 bridgehead atoms. The van der Waals surface area contributed by atoms with Gasteiger partial charge in [0.1, 0.15) is 0 Å². The van der Waals surface area contributed by atoms with Crippen LogP contribution in [-0.2, 0) is 9.47 Å². The quantitative estimate of drug-likeness (QED) is 0.926. The molecule has 2 aliphatic rings. The van der Waals surface area contributed by atoms with Gasteiger partial charge in [-0.1, -0.05) is 0 Å². The Labute approximate surface area is 122 Å². The molecule has 2 fully saturated rings. The van der Waals surface area contributed by atoms with Crippen molar-refractivity contribution in [2.45, 2.75) is 30.9 Å². The third-order valence-electron chi connectivity index (χ3n) is 4.36. The average molecular weight is 330 g/mol. The molecule has 0 aliphatic carbocycles. The fourth-order valence-corrected chi connectivity index (χ4v) is 3.87. The first-order valence-electron chi connectivity index (χ1n) is 6.86. The van der Waals surface area contributed by atoms with Gasteiger partial charge in [0.25, 0.3) is 0 Å². The summed E-state index contributed by atoms with van der Waals surface area (Å²) in [4.78, 5) is 0. The first kappa shape index (κ1) is 13.6. The standard InChI is InChI=1S/C14H20BrNO3/c1-16-12(11-3-5-18-13(11)15)10-2-6-19-14(8-10)4-7-17-9-14/h3,5,10,12,16H,2,4,6-9H2,1H3. The van der Waals surface area contributed by atoms with Gasteiger partial charge in [-0.15, -0.1) is 0 Å². The van der Waals surface area contributed by atoms with E-state index in [1.807, 2.05) is 13.1 Å². The molecular weight excluding hydrogens is 310 g/mol. The lowest BCUT2D eigenvalue weighted by molar-refractivity contribution is -0.103. The summed E-state index contributed by atoms with van der Waals surface area (Å²) < 4.78 is 17.8. The van der Waals surface area contributed by atoms with Crippen molar-refractivity contribution < 1.29 is 13.9 Å². The van der Waals surface area contributed by atoms with Crippen LogP contribution in [0.2, 0.25) is 0 Å². The molecule has 0 radical (unpaired) electrons. The van der Waals surface area contributed by atoms with Crippen molar-refractivity contribution in [3.63, 3.8) is 0 Å².